The maximum absolute atomic E-state index is 12.3. The molecule has 8 nitrogen and oxygen atoms in total. The van der Waals surface area contributed by atoms with Crippen molar-refractivity contribution in [3.63, 3.8) is 0 Å². The first-order valence-electron chi connectivity index (χ1n) is 12.7. The first-order chi connectivity index (χ1) is 19.1. The van der Waals surface area contributed by atoms with E-state index in [-0.39, 0.29) is 12.4 Å². The maximum Gasteiger partial charge on any atom is 0.573 e. The second-order valence-corrected chi connectivity index (χ2v) is 11.3. The van der Waals surface area contributed by atoms with Crippen molar-refractivity contribution < 1.29 is 31.6 Å². The lowest BCUT2D eigenvalue weighted by atomic mass is 10.1. The highest BCUT2D eigenvalue weighted by Gasteiger charge is 2.30. The van der Waals surface area contributed by atoms with Crippen molar-refractivity contribution in [3.8, 4) is 11.5 Å². The Hall–Kier alpha value is -3.85. The Labute approximate surface area is 231 Å². The van der Waals surface area contributed by atoms with E-state index < -0.39 is 20.1 Å². The average molecular weight is 575 g/mol. The van der Waals surface area contributed by atoms with Crippen molar-refractivity contribution in [2.24, 2.45) is 0 Å². The maximum atomic E-state index is 12.3. The van der Waals surface area contributed by atoms with Gasteiger partial charge in [0.05, 0.1) is 20.4 Å². The predicted octanol–water partition coefficient (Wildman–Crippen LogP) is 6.93. The number of halogens is 3. The molecule has 0 fully saturated rings. The molecule has 0 aliphatic rings. The molecule has 0 bridgehead atoms. The van der Waals surface area contributed by atoms with Crippen molar-refractivity contribution in [3.05, 3.63) is 89.4 Å². The topological polar surface area (TPSA) is 92.3 Å². The highest BCUT2D eigenvalue weighted by molar-refractivity contribution is 7.24. The summed E-state index contributed by atoms with van der Waals surface area (Å²) in [5.74, 6) is 0.778. The molecule has 0 saturated heterocycles. The molecule has 12 heteroatoms. The van der Waals surface area contributed by atoms with Gasteiger partial charge >= 0.3 is 6.36 Å². The minimum Gasteiger partial charge on any atom is -0.487 e. The molecule has 0 saturated carbocycles. The summed E-state index contributed by atoms with van der Waals surface area (Å²) in [4.78, 5) is 5.89. The minimum absolute atomic E-state index is 0.228. The molecule has 40 heavy (non-hydrogen) atoms. The Balaban J connectivity index is 1.18. The van der Waals surface area contributed by atoms with Gasteiger partial charge in [-0.3, -0.25) is 0 Å². The van der Waals surface area contributed by atoms with Gasteiger partial charge in [0.15, 0.2) is 0 Å². The molecular formula is C28H30F3N4O4P. The number of aromatic nitrogens is 4. The van der Waals surface area contributed by atoms with E-state index in [0.29, 0.717) is 22.9 Å². The fraction of sp³-hybridized carbons (Fsp3) is 0.321. The molecule has 1 unspecified atom stereocenters. The summed E-state index contributed by atoms with van der Waals surface area (Å²) in [6, 6.07) is 13.4. The predicted molar refractivity (Wildman–Crippen MR) is 146 cm³/mol. The van der Waals surface area contributed by atoms with Crippen LogP contribution >= 0.6 is 8.46 Å². The van der Waals surface area contributed by atoms with Crippen LogP contribution in [-0.4, -0.2) is 26.3 Å². The molecule has 2 heterocycles. The van der Waals surface area contributed by atoms with Crippen LogP contribution in [0.2, 0.25) is 0 Å². The third-order valence-corrected chi connectivity index (χ3v) is 6.71. The molecule has 0 aliphatic heterocycles. The van der Waals surface area contributed by atoms with Crippen LogP contribution in [0.1, 0.15) is 55.1 Å². The Kier molecular flexibility index (Phi) is 9.47. The molecular weight excluding hydrogens is 544 g/mol. The van der Waals surface area contributed by atoms with Gasteiger partial charge in [-0.1, -0.05) is 24.3 Å². The normalized spacial score (nSPS) is 12.5. The molecule has 4 rings (SSSR count). The van der Waals surface area contributed by atoms with E-state index in [1.807, 2.05) is 38.1 Å². The van der Waals surface area contributed by atoms with Gasteiger partial charge < -0.3 is 18.5 Å². The van der Waals surface area contributed by atoms with Crippen LogP contribution in [-0.2, 0) is 29.3 Å². The van der Waals surface area contributed by atoms with Gasteiger partial charge in [0.2, 0.25) is 5.89 Å². The van der Waals surface area contributed by atoms with Gasteiger partial charge in [0.25, 0.3) is 0 Å². The lowest BCUT2D eigenvalue weighted by molar-refractivity contribution is -0.274. The molecule has 212 valence electrons. The van der Waals surface area contributed by atoms with E-state index in [2.05, 4.69) is 19.9 Å². The fourth-order valence-electron chi connectivity index (χ4n) is 3.69. The van der Waals surface area contributed by atoms with E-state index >= 15 is 0 Å². The van der Waals surface area contributed by atoms with Crippen molar-refractivity contribution in [2.45, 2.75) is 57.8 Å². The second-order valence-electron chi connectivity index (χ2n) is 9.66. The SMILES string of the molecule is CC(C)([PH2]=O)n1ncc(CCCCc2ccc(OCc3coc(C=Cc4ccc(OC(F)(F)F)cc4)n3)cc2)n1. The number of hydrogen-bond donors (Lipinski definition) is 0. The third-order valence-electron chi connectivity index (χ3n) is 5.90. The first kappa shape index (κ1) is 29.1. The highest BCUT2D eigenvalue weighted by Crippen LogP contribution is 2.26. The zero-order valence-corrected chi connectivity index (χ0v) is 23.3. The molecule has 0 aliphatic carbocycles. The molecule has 2 aromatic heterocycles. The number of aryl methyl sites for hydroxylation is 2. The smallest absolute Gasteiger partial charge is 0.487 e. The molecule has 0 amide bonds. The number of unbranched alkanes of at least 4 members (excludes halogenated alkanes) is 1. The average Bonchev–Trinajstić information content (AvgIpc) is 3.60. The van der Waals surface area contributed by atoms with Gasteiger partial charge in [-0.05, 0) is 81.0 Å². The number of rotatable bonds is 13. The van der Waals surface area contributed by atoms with Crippen LogP contribution in [0.5, 0.6) is 11.5 Å². The zero-order chi connectivity index (χ0) is 28.6. The third kappa shape index (κ3) is 8.84. The fourth-order valence-corrected chi connectivity index (χ4v) is 3.91. The lowest BCUT2D eigenvalue weighted by Gasteiger charge is -2.15. The van der Waals surface area contributed by atoms with Crippen LogP contribution in [0.15, 0.2) is 65.4 Å². The van der Waals surface area contributed by atoms with E-state index in [1.54, 1.807) is 23.1 Å². The Bertz CT molecular complexity index is 1410. The van der Waals surface area contributed by atoms with Crippen molar-refractivity contribution in [1.29, 1.82) is 0 Å². The summed E-state index contributed by atoms with van der Waals surface area (Å²) >= 11 is 0. The summed E-state index contributed by atoms with van der Waals surface area (Å²) in [6.07, 6.45) is 5.55. The quantitative estimate of drug-likeness (QED) is 0.126. The lowest BCUT2D eigenvalue weighted by Crippen LogP contribution is -2.22. The molecule has 0 N–H and O–H groups in total. The molecule has 4 aromatic rings. The van der Waals surface area contributed by atoms with E-state index in [9.17, 15) is 17.7 Å². The monoisotopic (exact) mass is 574 g/mol. The summed E-state index contributed by atoms with van der Waals surface area (Å²) in [6.45, 7) is 3.95. The minimum atomic E-state index is -4.72. The summed E-state index contributed by atoms with van der Waals surface area (Å²) in [7, 11) is -1.01. The highest BCUT2D eigenvalue weighted by atomic mass is 31.1. The number of ether oxygens (including phenoxy) is 2. The van der Waals surface area contributed by atoms with Crippen LogP contribution in [0.3, 0.4) is 0 Å². The zero-order valence-electron chi connectivity index (χ0n) is 22.1. The van der Waals surface area contributed by atoms with Crippen LogP contribution in [0.4, 0.5) is 13.2 Å². The number of benzene rings is 2. The molecule has 1 atom stereocenters. The summed E-state index contributed by atoms with van der Waals surface area (Å²) in [5.41, 5.74) is 3.39. The number of oxazole rings is 1. The van der Waals surface area contributed by atoms with Gasteiger partial charge in [0, 0.05) is 6.08 Å². The van der Waals surface area contributed by atoms with Gasteiger partial charge in [0.1, 0.15) is 35.3 Å². The van der Waals surface area contributed by atoms with E-state index in [1.165, 1.54) is 36.1 Å². The summed E-state index contributed by atoms with van der Waals surface area (Å²) in [5, 5.41) is 8.16. The van der Waals surface area contributed by atoms with Crippen molar-refractivity contribution >= 4 is 20.6 Å². The van der Waals surface area contributed by atoms with Crippen LogP contribution in [0, 0.1) is 0 Å². The number of nitrogens with zero attached hydrogens (tertiary/aromatic N) is 4. The Morgan fingerprint density at radius 3 is 2.35 bits per heavy atom. The van der Waals surface area contributed by atoms with Gasteiger partial charge in [-0.15, -0.1) is 13.2 Å². The molecule has 0 radical (unpaired) electrons. The van der Waals surface area contributed by atoms with E-state index in [4.69, 9.17) is 9.15 Å². The van der Waals surface area contributed by atoms with Crippen molar-refractivity contribution in [1.82, 2.24) is 20.0 Å². The second kappa shape index (κ2) is 13.0. The van der Waals surface area contributed by atoms with E-state index in [0.717, 1.165) is 31.4 Å². The first-order valence-corrected chi connectivity index (χ1v) is 13.7. The van der Waals surface area contributed by atoms with Gasteiger partial charge in [-0.25, -0.2) is 4.98 Å². The van der Waals surface area contributed by atoms with Crippen molar-refractivity contribution in [2.75, 3.05) is 0 Å². The van der Waals surface area contributed by atoms with Crippen LogP contribution in [0.25, 0.3) is 12.2 Å². The Morgan fingerprint density at radius 2 is 1.65 bits per heavy atom. The standard InChI is InChI=1S/C28H30F3N4O4P/c1-27(2,40-36)35-32-17-22(34-35)6-4-3-5-20-7-12-24(13-8-20)37-18-23-19-38-26(33-23)16-11-21-9-14-25(15-10-21)39-28(29,30)31/h7-17,19H,3-6,18,40H2,1-2H3. The van der Waals surface area contributed by atoms with Gasteiger partial charge in [-0.2, -0.15) is 15.0 Å². The summed E-state index contributed by atoms with van der Waals surface area (Å²) < 4.78 is 63.2. The number of hydrogen-bond acceptors (Lipinski definition) is 7. The number of alkyl halides is 3. The Morgan fingerprint density at radius 1 is 0.950 bits per heavy atom. The molecule has 0 spiro atoms. The van der Waals surface area contributed by atoms with Crippen LogP contribution < -0.4 is 9.47 Å². The molecule has 2 aromatic carbocycles. The largest absolute Gasteiger partial charge is 0.573 e.